The zero-order chi connectivity index (χ0) is 97.1. The van der Waals surface area contributed by atoms with Gasteiger partial charge in [-0.1, -0.05) is 208 Å². The first kappa shape index (κ1) is 116. The molecule has 0 aliphatic rings. The van der Waals surface area contributed by atoms with Crippen molar-refractivity contribution in [1.82, 2.24) is 19.9 Å². The van der Waals surface area contributed by atoms with Crippen LogP contribution in [0.1, 0.15) is 163 Å². The second-order valence-corrected chi connectivity index (χ2v) is 35.7. The van der Waals surface area contributed by atoms with Crippen molar-refractivity contribution in [3.63, 3.8) is 0 Å². The number of carbonyl (C=O) groups is 4. The number of aromatic nitrogens is 4. The summed E-state index contributed by atoms with van der Waals surface area (Å²) < 4.78 is 22.9. The normalized spacial score (nSPS) is 11.4. The maximum atomic E-state index is 11.8. The summed E-state index contributed by atoms with van der Waals surface area (Å²) in [7, 11) is 0. The molecule has 0 aliphatic carbocycles. The first-order valence-corrected chi connectivity index (χ1v) is 45.4. The van der Waals surface area contributed by atoms with E-state index in [0.29, 0.717) is 46.5 Å². The summed E-state index contributed by atoms with van der Waals surface area (Å²) in [6.45, 7) is 33.7. The van der Waals surface area contributed by atoms with E-state index >= 15 is 0 Å². The summed E-state index contributed by atoms with van der Waals surface area (Å²) in [5, 5.41) is 56.2. The van der Waals surface area contributed by atoms with Crippen LogP contribution >= 0.6 is 0 Å². The van der Waals surface area contributed by atoms with Gasteiger partial charge in [0, 0.05) is 232 Å². The van der Waals surface area contributed by atoms with E-state index in [1.165, 1.54) is 81.2 Å². The molecule has 12 aromatic carbocycles. The molecule has 4 aromatic heterocycles. The maximum absolute atomic E-state index is 11.8. The summed E-state index contributed by atoms with van der Waals surface area (Å²) in [4.78, 5) is 62.5. The number of aliphatic hydroxyl groups is 4. The Balaban J connectivity index is 0.000000282. The van der Waals surface area contributed by atoms with Crippen LogP contribution in [0, 0.1) is 57.8 Å². The molecule has 4 N–H and O–H groups in total. The largest absolute Gasteiger partial charge is 0.512 e. The van der Waals surface area contributed by atoms with Gasteiger partial charge in [-0.15, -0.1) is 48.5 Å². The zero-order valence-electron chi connectivity index (χ0n) is 81.6. The van der Waals surface area contributed by atoms with Crippen LogP contribution in [0.25, 0.3) is 86.2 Å². The number of nitrogens with zero attached hydrogens (tertiary/aromatic N) is 4. The first-order chi connectivity index (χ1) is 64.0. The number of fused-ring (bicyclic) bond motifs is 8. The maximum Gasteiger partial charge on any atom is 0.217 e. The molecule has 0 amide bonds. The Morgan fingerprint density at radius 3 is 0.768 bits per heavy atom. The molecular weight excluding hydrogens is 2430 g/mol. The van der Waals surface area contributed by atoms with Crippen LogP contribution in [0.15, 0.2) is 339 Å². The third-order valence-corrected chi connectivity index (χ3v) is 22.5. The average Bonchev–Trinajstić information content (AvgIpc) is 0.807. The van der Waals surface area contributed by atoms with Gasteiger partial charge in [0.05, 0.1) is 11.5 Å². The Morgan fingerprint density at radius 1 is 0.304 bits per heavy atom. The van der Waals surface area contributed by atoms with Gasteiger partial charge in [0.1, 0.15) is 11.5 Å². The molecule has 0 saturated carbocycles. The minimum Gasteiger partial charge on any atom is -0.512 e. The number of pyridine rings is 4. The number of rotatable bonds is 22. The number of carbonyl (C=O) groups excluding carboxylic acids is 4. The van der Waals surface area contributed by atoms with E-state index in [4.69, 9.17) is 24.1 Å². The van der Waals surface area contributed by atoms with Gasteiger partial charge >= 0.3 is 0 Å². The van der Waals surface area contributed by atoms with Crippen molar-refractivity contribution < 1.29 is 139 Å². The fraction of sp³-hybridized carbons (Fsp3) is 0.254. The van der Waals surface area contributed by atoms with Crippen molar-refractivity contribution in [2.24, 2.45) is 33.5 Å². The van der Waals surface area contributed by atoms with E-state index in [2.05, 4.69) is 141 Å². The summed E-state index contributed by atoms with van der Waals surface area (Å²) >= 11 is 0. The number of para-hydroxylation sites is 4. The second kappa shape index (κ2) is 56.7. The molecule has 0 unspecified atom stereocenters. The van der Waals surface area contributed by atoms with Gasteiger partial charge in [0.15, 0.2) is 23.1 Å². The summed E-state index contributed by atoms with van der Waals surface area (Å²) in [5.74, 6) is 5.80. The van der Waals surface area contributed by atoms with E-state index in [9.17, 15) is 34.5 Å². The molecular formula is C118H124Ir4N4O12-4. The van der Waals surface area contributed by atoms with Gasteiger partial charge < -0.3 is 39.4 Å². The molecule has 0 saturated heterocycles. The number of aliphatic hydroxyl groups excluding tert-OH is 4. The van der Waals surface area contributed by atoms with Gasteiger partial charge in [-0.3, -0.25) is 19.2 Å². The van der Waals surface area contributed by atoms with Crippen LogP contribution in [-0.2, 0) is 99.6 Å². The monoisotopic (exact) mass is 2560 g/mol. The standard InChI is InChI=1S/4C19H12NO.2C13H24O2.C11H20O2.C5H8O2.4Ir/c4*1-2-8-18(9-3-1)21-19-12-16-10-14-6-4-5-7-15(14)11-17(16)13-20-19;1-7-12(3,4)10(14)9-11(15)13(5,6)8-2;1-5-10(6-2)12(14)9-13(15)11(7-3)8-4;1-10(2,3)8(12)7-9(13)11(4,5)6;1-4(6)3-5(2)7;;;;/h4*1-8,10-13H;9,14H,7-8H2,1-6H3;9-11,14H,5-8H2,1-4H3;7,12H,1-6H3;3,6H,1-2H3;;;;/q4*-1;;;;;;;;. The fourth-order valence-electron chi connectivity index (χ4n) is 13.2. The third kappa shape index (κ3) is 36.7. The van der Waals surface area contributed by atoms with Crippen LogP contribution < -0.4 is 18.9 Å². The van der Waals surface area contributed by atoms with Crippen molar-refractivity contribution in [2.75, 3.05) is 0 Å². The number of benzene rings is 12. The minimum atomic E-state index is -0.417. The zero-order valence-corrected chi connectivity index (χ0v) is 91.2. The Morgan fingerprint density at radius 2 is 0.558 bits per heavy atom. The molecule has 138 heavy (non-hydrogen) atoms. The van der Waals surface area contributed by atoms with Crippen molar-refractivity contribution in [2.45, 2.75) is 163 Å². The van der Waals surface area contributed by atoms with E-state index in [1.807, 2.05) is 305 Å². The second-order valence-electron chi connectivity index (χ2n) is 35.7. The van der Waals surface area contributed by atoms with Crippen LogP contribution in [0.2, 0.25) is 0 Å². The molecule has 16 rings (SSSR count). The van der Waals surface area contributed by atoms with Gasteiger partial charge in [-0.05, 0) is 166 Å². The Hall–Kier alpha value is -12.0. The smallest absolute Gasteiger partial charge is 0.217 e. The molecule has 4 heterocycles. The first-order valence-electron chi connectivity index (χ1n) is 45.4. The summed E-state index contributed by atoms with van der Waals surface area (Å²) in [6.07, 6.45) is 17.8. The van der Waals surface area contributed by atoms with Crippen molar-refractivity contribution in [3.05, 3.63) is 363 Å². The van der Waals surface area contributed by atoms with Gasteiger partial charge in [0.25, 0.3) is 0 Å². The molecule has 0 bridgehead atoms. The van der Waals surface area contributed by atoms with Crippen LogP contribution in [-0.4, -0.2) is 63.5 Å². The van der Waals surface area contributed by atoms with Crippen LogP contribution in [0.3, 0.4) is 0 Å². The molecule has 728 valence electrons. The quantitative estimate of drug-likeness (QED) is 0.0214. The number of allylic oxidation sites excluding steroid dienone is 8. The molecule has 0 spiro atoms. The van der Waals surface area contributed by atoms with Crippen molar-refractivity contribution in [1.29, 1.82) is 0 Å². The number of ether oxygens (including phenoxy) is 4. The fourth-order valence-corrected chi connectivity index (χ4v) is 13.2. The Labute approximate surface area is 867 Å². The molecule has 16 aromatic rings. The number of hydrogen-bond donors (Lipinski definition) is 4. The van der Waals surface area contributed by atoms with Gasteiger partial charge in [-0.25, -0.2) is 19.9 Å². The van der Waals surface area contributed by atoms with Crippen LogP contribution in [0.4, 0.5) is 0 Å². The average molecular weight is 2560 g/mol. The Kier molecular flexibility index (Phi) is 47.9. The van der Waals surface area contributed by atoms with Gasteiger partial charge in [-0.2, -0.15) is 72.8 Å². The predicted octanol–water partition coefficient (Wildman–Crippen LogP) is 31.8. The minimum absolute atomic E-state index is 0. The number of hydrogen-bond acceptors (Lipinski definition) is 16. The summed E-state index contributed by atoms with van der Waals surface area (Å²) in [6, 6.07) is 101. The molecule has 0 atom stereocenters. The van der Waals surface area contributed by atoms with E-state index in [1.54, 1.807) is 0 Å². The molecule has 0 fully saturated rings. The van der Waals surface area contributed by atoms with E-state index in [0.717, 1.165) is 81.6 Å². The van der Waals surface area contributed by atoms with E-state index < -0.39 is 5.41 Å². The predicted molar refractivity (Wildman–Crippen MR) is 548 cm³/mol. The van der Waals surface area contributed by atoms with Crippen molar-refractivity contribution in [3.8, 4) is 46.5 Å². The topological polar surface area (TPSA) is 238 Å². The number of ketones is 4. The van der Waals surface area contributed by atoms with E-state index in [-0.39, 0.29) is 155 Å². The molecule has 20 heteroatoms. The molecule has 4 radical (unpaired) electrons. The molecule has 0 aliphatic heterocycles. The van der Waals surface area contributed by atoms with Crippen molar-refractivity contribution >= 4 is 109 Å². The third-order valence-electron chi connectivity index (χ3n) is 22.5. The summed E-state index contributed by atoms with van der Waals surface area (Å²) in [5.41, 5.74) is -1.45. The van der Waals surface area contributed by atoms with Gasteiger partial charge in [0.2, 0.25) is 23.5 Å². The SMILES string of the molecule is CC(=O)C=C(C)O.CC(C)(C)C(=O)C=C(O)C(C)(C)C.CCC(C)(C)C(=O)C=C(O)C(C)(C)CC.CCC(CC)C(=O)C=C(O)C(CC)CC.[Ir].[Ir].[Ir].[Ir].[c-]1ccccc1Oc1cc2cc3ccccc3cc2cn1.[c-]1ccccc1Oc1cc2cc3ccccc3cc2cn1.[c-]1ccccc1Oc1cc2cc3ccccc3cc2cn1.[c-]1ccccc1Oc1cc2cc3ccccc3cc2cn1. The Bertz CT molecular complexity index is 6100. The molecule has 16 nitrogen and oxygen atoms in total. The van der Waals surface area contributed by atoms with Crippen LogP contribution in [0.5, 0.6) is 46.5 Å².